The minimum absolute atomic E-state index is 0.450. The molecule has 0 bridgehead atoms. The van der Waals surface area contributed by atoms with Crippen molar-refractivity contribution in [1.82, 2.24) is 4.90 Å². The van der Waals surface area contributed by atoms with Crippen LogP contribution in [0.25, 0.3) is 0 Å². The number of morpholine rings is 1. The zero-order valence-electron chi connectivity index (χ0n) is 12.3. The molecule has 1 aromatic carbocycles. The van der Waals surface area contributed by atoms with Crippen molar-refractivity contribution >= 4 is 0 Å². The van der Waals surface area contributed by atoms with E-state index in [-0.39, 0.29) is 0 Å². The summed E-state index contributed by atoms with van der Waals surface area (Å²) in [6, 6.07) is 6.54. The molecule has 110 valence electrons. The maximum atomic E-state index is 5.57. The first-order valence-corrected chi connectivity index (χ1v) is 6.97. The lowest BCUT2D eigenvalue weighted by atomic mass is 10.1. The van der Waals surface area contributed by atoms with Gasteiger partial charge in [-0.2, -0.15) is 0 Å². The largest absolute Gasteiger partial charge is 0.493 e. The molecule has 1 heterocycles. The van der Waals surface area contributed by atoms with E-state index in [2.05, 4.69) is 24.5 Å². The fourth-order valence-electron chi connectivity index (χ4n) is 2.31. The van der Waals surface area contributed by atoms with Crippen molar-refractivity contribution in [2.24, 2.45) is 0 Å². The Kier molecular flexibility index (Phi) is 5.44. The quantitative estimate of drug-likeness (QED) is 0.748. The van der Waals surface area contributed by atoms with Gasteiger partial charge in [-0.05, 0) is 24.6 Å². The molecule has 0 spiro atoms. The Morgan fingerprint density at radius 1 is 1.45 bits per heavy atom. The van der Waals surface area contributed by atoms with Crippen LogP contribution in [0.1, 0.15) is 12.5 Å². The normalized spacial score (nSPS) is 19.6. The molecule has 0 aromatic heterocycles. The van der Waals surface area contributed by atoms with Crippen LogP contribution >= 0.6 is 0 Å². The van der Waals surface area contributed by atoms with Gasteiger partial charge in [-0.1, -0.05) is 18.7 Å². The SMILES string of the molecule is C=CCOc1ccc(CN2CCOCC2C)cc1OC. The van der Waals surface area contributed by atoms with Gasteiger partial charge in [0.2, 0.25) is 0 Å². The molecular formula is C16H23NO3. The van der Waals surface area contributed by atoms with Crippen LogP contribution in [0.15, 0.2) is 30.9 Å². The molecule has 0 N–H and O–H groups in total. The topological polar surface area (TPSA) is 30.9 Å². The molecule has 1 unspecified atom stereocenters. The molecule has 20 heavy (non-hydrogen) atoms. The molecule has 4 nitrogen and oxygen atoms in total. The zero-order valence-corrected chi connectivity index (χ0v) is 12.3. The second-order valence-corrected chi connectivity index (χ2v) is 4.98. The molecule has 1 aliphatic rings. The third-order valence-electron chi connectivity index (χ3n) is 3.48. The van der Waals surface area contributed by atoms with Crippen molar-refractivity contribution in [2.45, 2.75) is 19.5 Å². The van der Waals surface area contributed by atoms with E-state index in [9.17, 15) is 0 Å². The Morgan fingerprint density at radius 2 is 2.30 bits per heavy atom. The number of methoxy groups -OCH3 is 1. The van der Waals surface area contributed by atoms with Crippen molar-refractivity contribution in [1.29, 1.82) is 0 Å². The maximum Gasteiger partial charge on any atom is 0.161 e. The third kappa shape index (κ3) is 3.74. The zero-order chi connectivity index (χ0) is 14.4. The highest BCUT2D eigenvalue weighted by molar-refractivity contribution is 5.43. The lowest BCUT2D eigenvalue weighted by Crippen LogP contribution is -2.42. The van der Waals surface area contributed by atoms with Gasteiger partial charge in [-0.25, -0.2) is 0 Å². The number of hydrogen-bond acceptors (Lipinski definition) is 4. The van der Waals surface area contributed by atoms with Gasteiger partial charge >= 0.3 is 0 Å². The molecule has 1 fully saturated rings. The summed E-state index contributed by atoms with van der Waals surface area (Å²) in [4.78, 5) is 2.42. The van der Waals surface area contributed by atoms with Gasteiger partial charge < -0.3 is 14.2 Å². The Bertz CT molecular complexity index is 447. The first kappa shape index (κ1) is 14.9. The molecule has 0 radical (unpaired) electrons. The molecule has 1 aliphatic heterocycles. The smallest absolute Gasteiger partial charge is 0.161 e. The van der Waals surface area contributed by atoms with Gasteiger partial charge in [0.25, 0.3) is 0 Å². The molecule has 0 aliphatic carbocycles. The van der Waals surface area contributed by atoms with Gasteiger partial charge in [0, 0.05) is 19.1 Å². The highest BCUT2D eigenvalue weighted by atomic mass is 16.5. The second-order valence-electron chi connectivity index (χ2n) is 4.98. The number of nitrogens with zero attached hydrogens (tertiary/aromatic N) is 1. The molecular weight excluding hydrogens is 254 g/mol. The lowest BCUT2D eigenvalue weighted by Gasteiger charge is -2.33. The summed E-state index contributed by atoms with van der Waals surface area (Å²) < 4.78 is 16.4. The Morgan fingerprint density at radius 3 is 3.00 bits per heavy atom. The summed E-state index contributed by atoms with van der Waals surface area (Å²) in [5, 5.41) is 0. The molecule has 2 rings (SSSR count). The van der Waals surface area contributed by atoms with Gasteiger partial charge in [-0.3, -0.25) is 4.90 Å². The van der Waals surface area contributed by atoms with Gasteiger partial charge in [-0.15, -0.1) is 0 Å². The molecule has 4 heteroatoms. The maximum absolute atomic E-state index is 5.57. The van der Waals surface area contributed by atoms with E-state index in [1.54, 1.807) is 13.2 Å². The van der Waals surface area contributed by atoms with Crippen LogP contribution in [0.3, 0.4) is 0 Å². The molecule has 1 saturated heterocycles. The molecule has 1 atom stereocenters. The fourth-order valence-corrected chi connectivity index (χ4v) is 2.31. The van der Waals surface area contributed by atoms with Crippen molar-refractivity contribution in [3.63, 3.8) is 0 Å². The van der Waals surface area contributed by atoms with E-state index in [4.69, 9.17) is 14.2 Å². The van der Waals surface area contributed by atoms with Gasteiger partial charge in [0.15, 0.2) is 11.5 Å². The van der Waals surface area contributed by atoms with Crippen LogP contribution in [0.5, 0.6) is 11.5 Å². The predicted octanol–water partition coefficient (Wildman–Crippen LogP) is 2.48. The number of hydrogen-bond donors (Lipinski definition) is 0. The lowest BCUT2D eigenvalue weighted by molar-refractivity contribution is -0.00439. The third-order valence-corrected chi connectivity index (χ3v) is 3.48. The van der Waals surface area contributed by atoms with Crippen molar-refractivity contribution < 1.29 is 14.2 Å². The Balaban J connectivity index is 2.06. The minimum Gasteiger partial charge on any atom is -0.493 e. The number of ether oxygens (including phenoxy) is 3. The average molecular weight is 277 g/mol. The standard InChI is InChI=1S/C16H23NO3/c1-4-8-20-15-6-5-14(10-16(15)18-3)11-17-7-9-19-12-13(17)2/h4-6,10,13H,1,7-9,11-12H2,2-3H3. The monoisotopic (exact) mass is 277 g/mol. The number of rotatable bonds is 6. The van der Waals surface area contributed by atoms with E-state index in [1.165, 1.54) is 5.56 Å². The average Bonchev–Trinajstić information content (AvgIpc) is 2.48. The van der Waals surface area contributed by atoms with E-state index in [0.717, 1.165) is 37.8 Å². The van der Waals surface area contributed by atoms with Crippen LogP contribution in [-0.4, -0.2) is 44.4 Å². The van der Waals surface area contributed by atoms with Crippen LogP contribution in [0.4, 0.5) is 0 Å². The van der Waals surface area contributed by atoms with Crippen LogP contribution in [0, 0.1) is 0 Å². The second kappa shape index (κ2) is 7.31. The van der Waals surface area contributed by atoms with Gasteiger partial charge in [0.1, 0.15) is 6.61 Å². The summed E-state index contributed by atoms with van der Waals surface area (Å²) in [6.07, 6.45) is 1.72. The van der Waals surface area contributed by atoms with Crippen LogP contribution < -0.4 is 9.47 Å². The van der Waals surface area contributed by atoms with E-state index >= 15 is 0 Å². The Labute approximate surface area is 120 Å². The van der Waals surface area contributed by atoms with Crippen molar-refractivity contribution in [3.05, 3.63) is 36.4 Å². The molecule has 0 amide bonds. The highest BCUT2D eigenvalue weighted by Crippen LogP contribution is 2.29. The summed E-state index contributed by atoms with van der Waals surface area (Å²) in [7, 11) is 1.66. The van der Waals surface area contributed by atoms with Crippen molar-refractivity contribution in [3.8, 4) is 11.5 Å². The minimum atomic E-state index is 0.450. The summed E-state index contributed by atoms with van der Waals surface area (Å²) >= 11 is 0. The summed E-state index contributed by atoms with van der Waals surface area (Å²) in [5.41, 5.74) is 1.22. The molecule has 1 aromatic rings. The van der Waals surface area contributed by atoms with Gasteiger partial charge in [0.05, 0.1) is 20.3 Å². The van der Waals surface area contributed by atoms with Crippen LogP contribution in [0.2, 0.25) is 0 Å². The fraction of sp³-hybridized carbons (Fsp3) is 0.500. The van der Waals surface area contributed by atoms with Crippen molar-refractivity contribution in [2.75, 3.05) is 33.5 Å². The van der Waals surface area contributed by atoms with E-state index in [0.29, 0.717) is 12.6 Å². The van der Waals surface area contributed by atoms with E-state index in [1.807, 2.05) is 12.1 Å². The predicted molar refractivity (Wildman–Crippen MR) is 79.4 cm³/mol. The number of benzene rings is 1. The Hall–Kier alpha value is -1.52. The molecule has 0 saturated carbocycles. The van der Waals surface area contributed by atoms with Crippen LogP contribution in [-0.2, 0) is 11.3 Å². The summed E-state index contributed by atoms with van der Waals surface area (Å²) in [6.45, 7) is 9.81. The first-order chi connectivity index (χ1) is 9.74. The highest BCUT2D eigenvalue weighted by Gasteiger charge is 2.19. The van der Waals surface area contributed by atoms with E-state index < -0.39 is 0 Å². The summed E-state index contributed by atoms with van der Waals surface area (Å²) in [5.74, 6) is 1.52. The first-order valence-electron chi connectivity index (χ1n) is 6.97.